The molecule has 0 heterocycles. The molecule has 0 aliphatic heterocycles. The van der Waals surface area contributed by atoms with E-state index in [4.69, 9.17) is 4.74 Å². The summed E-state index contributed by atoms with van der Waals surface area (Å²) in [6.45, 7) is 0. The fourth-order valence-corrected chi connectivity index (χ4v) is 4.15. The molecule has 0 aromatic heterocycles. The van der Waals surface area contributed by atoms with Crippen molar-refractivity contribution in [2.45, 2.75) is 49.1 Å². The molecule has 148 valence electrons. The lowest BCUT2D eigenvalue weighted by molar-refractivity contribution is -0.121. The molecule has 2 amide bonds. The largest absolute Gasteiger partial charge is 0.446 e. The SMILES string of the molecule is O=C(CCSc1ccccc1)N[C@H]1CCC[C@H](OC(=O)Nc2ccccc2)C1. The second-order valence-corrected chi connectivity index (χ2v) is 8.03. The molecular formula is C22H26N2O3S. The average Bonchev–Trinajstić information content (AvgIpc) is 2.70. The lowest BCUT2D eigenvalue weighted by atomic mass is 9.93. The Hall–Kier alpha value is -2.47. The third-order valence-corrected chi connectivity index (χ3v) is 5.64. The first kappa shape index (κ1) is 20.3. The van der Waals surface area contributed by atoms with Crippen LogP contribution in [0.4, 0.5) is 10.5 Å². The number of anilines is 1. The van der Waals surface area contributed by atoms with Gasteiger partial charge in [-0.05, 0) is 43.5 Å². The molecule has 2 N–H and O–H groups in total. The normalized spacial score (nSPS) is 18.9. The Morgan fingerprint density at radius 3 is 2.46 bits per heavy atom. The number of carbonyl (C=O) groups is 2. The van der Waals surface area contributed by atoms with Crippen LogP contribution in [0.15, 0.2) is 65.6 Å². The molecule has 0 saturated heterocycles. The summed E-state index contributed by atoms with van der Waals surface area (Å²) >= 11 is 1.68. The number of para-hydroxylation sites is 1. The van der Waals surface area contributed by atoms with E-state index in [1.807, 2.05) is 60.7 Å². The fraction of sp³-hybridized carbons (Fsp3) is 0.364. The van der Waals surface area contributed by atoms with Crippen molar-refractivity contribution < 1.29 is 14.3 Å². The Labute approximate surface area is 170 Å². The van der Waals surface area contributed by atoms with Crippen LogP contribution in [-0.4, -0.2) is 29.9 Å². The summed E-state index contributed by atoms with van der Waals surface area (Å²) in [5.41, 5.74) is 0.712. The quantitative estimate of drug-likeness (QED) is 0.655. The van der Waals surface area contributed by atoms with Crippen molar-refractivity contribution in [3.05, 3.63) is 60.7 Å². The molecule has 1 saturated carbocycles. The molecule has 1 fully saturated rings. The third kappa shape index (κ3) is 6.93. The number of hydrogen-bond donors (Lipinski definition) is 2. The number of benzene rings is 2. The van der Waals surface area contributed by atoms with E-state index in [1.54, 1.807) is 11.8 Å². The maximum Gasteiger partial charge on any atom is 0.411 e. The van der Waals surface area contributed by atoms with E-state index in [9.17, 15) is 9.59 Å². The molecule has 28 heavy (non-hydrogen) atoms. The van der Waals surface area contributed by atoms with Gasteiger partial charge in [0.05, 0.1) is 0 Å². The van der Waals surface area contributed by atoms with Gasteiger partial charge in [-0.15, -0.1) is 11.8 Å². The highest BCUT2D eigenvalue weighted by molar-refractivity contribution is 7.99. The molecule has 2 atom stereocenters. The molecule has 0 bridgehead atoms. The van der Waals surface area contributed by atoms with Crippen molar-refractivity contribution in [1.29, 1.82) is 0 Å². The van der Waals surface area contributed by atoms with Crippen LogP contribution >= 0.6 is 11.8 Å². The van der Waals surface area contributed by atoms with E-state index in [0.717, 1.165) is 25.0 Å². The van der Waals surface area contributed by atoms with Gasteiger partial charge in [0.2, 0.25) is 5.91 Å². The van der Waals surface area contributed by atoms with Gasteiger partial charge >= 0.3 is 6.09 Å². The van der Waals surface area contributed by atoms with Gasteiger partial charge in [-0.3, -0.25) is 10.1 Å². The Morgan fingerprint density at radius 2 is 1.71 bits per heavy atom. The van der Waals surface area contributed by atoms with Crippen LogP contribution in [0.3, 0.4) is 0 Å². The van der Waals surface area contributed by atoms with Crippen molar-refractivity contribution in [1.82, 2.24) is 5.32 Å². The second-order valence-electron chi connectivity index (χ2n) is 6.86. The number of ether oxygens (including phenoxy) is 1. The van der Waals surface area contributed by atoms with Gasteiger partial charge in [-0.25, -0.2) is 4.79 Å². The predicted molar refractivity (Wildman–Crippen MR) is 113 cm³/mol. The van der Waals surface area contributed by atoms with Gasteiger partial charge in [0.1, 0.15) is 6.10 Å². The minimum atomic E-state index is -0.442. The Morgan fingerprint density at radius 1 is 1.00 bits per heavy atom. The standard InChI is InChI=1S/C22H26N2O3S/c25-21(14-15-28-20-12-5-2-6-13-20)23-18-10-7-11-19(16-18)27-22(26)24-17-8-3-1-4-9-17/h1-6,8-9,12-13,18-19H,7,10-11,14-16H2,(H,23,25)(H,24,26)/t18-,19-/m0/s1. The van der Waals surface area contributed by atoms with Crippen LogP contribution in [0.2, 0.25) is 0 Å². The van der Waals surface area contributed by atoms with Gasteiger partial charge in [0.25, 0.3) is 0 Å². The van der Waals surface area contributed by atoms with Crippen LogP contribution in [0.1, 0.15) is 32.1 Å². The molecule has 0 spiro atoms. The molecular weight excluding hydrogens is 372 g/mol. The van der Waals surface area contributed by atoms with Crippen molar-refractivity contribution in [2.24, 2.45) is 0 Å². The van der Waals surface area contributed by atoms with E-state index in [2.05, 4.69) is 10.6 Å². The molecule has 2 aromatic rings. The van der Waals surface area contributed by atoms with Crippen molar-refractivity contribution in [3.8, 4) is 0 Å². The van der Waals surface area contributed by atoms with Gasteiger partial charge in [0, 0.05) is 35.2 Å². The maximum atomic E-state index is 12.2. The Bertz CT molecular complexity index is 755. The number of amides is 2. The fourth-order valence-electron chi connectivity index (χ4n) is 3.28. The molecule has 2 aromatic carbocycles. The number of carbonyl (C=O) groups excluding carboxylic acids is 2. The van der Waals surface area contributed by atoms with E-state index >= 15 is 0 Å². The molecule has 1 aliphatic carbocycles. The smallest absolute Gasteiger partial charge is 0.411 e. The third-order valence-electron chi connectivity index (χ3n) is 4.63. The zero-order valence-corrected chi connectivity index (χ0v) is 16.6. The van der Waals surface area contributed by atoms with E-state index in [-0.39, 0.29) is 18.1 Å². The molecule has 1 aliphatic rings. The molecule has 5 nitrogen and oxygen atoms in total. The predicted octanol–water partition coefficient (Wildman–Crippen LogP) is 4.84. The van der Waals surface area contributed by atoms with E-state index in [1.165, 1.54) is 4.90 Å². The first-order chi connectivity index (χ1) is 13.7. The Kier molecular flexibility index (Phi) is 7.79. The highest BCUT2D eigenvalue weighted by Crippen LogP contribution is 2.22. The molecule has 0 radical (unpaired) electrons. The topological polar surface area (TPSA) is 67.4 Å². The average molecular weight is 399 g/mol. The van der Waals surface area contributed by atoms with Gasteiger partial charge in [-0.1, -0.05) is 36.4 Å². The van der Waals surface area contributed by atoms with Crippen molar-refractivity contribution >= 4 is 29.4 Å². The van der Waals surface area contributed by atoms with Crippen LogP contribution in [0, 0.1) is 0 Å². The van der Waals surface area contributed by atoms with Gasteiger partial charge in [0.15, 0.2) is 0 Å². The zero-order chi connectivity index (χ0) is 19.6. The van der Waals surface area contributed by atoms with Crippen LogP contribution < -0.4 is 10.6 Å². The summed E-state index contributed by atoms with van der Waals surface area (Å²) in [5.74, 6) is 0.810. The summed E-state index contributed by atoms with van der Waals surface area (Å²) in [6, 6.07) is 19.4. The first-order valence-corrected chi connectivity index (χ1v) is 10.7. The summed E-state index contributed by atoms with van der Waals surface area (Å²) in [6.07, 6.45) is 3.24. The zero-order valence-electron chi connectivity index (χ0n) is 15.8. The number of rotatable bonds is 7. The second kappa shape index (κ2) is 10.8. The van der Waals surface area contributed by atoms with Crippen molar-refractivity contribution in [2.75, 3.05) is 11.1 Å². The van der Waals surface area contributed by atoms with E-state index in [0.29, 0.717) is 18.5 Å². The minimum absolute atomic E-state index is 0.0582. The molecule has 3 rings (SSSR count). The van der Waals surface area contributed by atoms with Crippen molar-refractivity contribution in [3.63, 3.8) is 0 Å². The van der Waals surface area contributed by atoms with Crippen LogP contribution in [-0.2, 0) is 9.53 Å². The number of hydrogen-bond acceptors (Lipinski definition) is 4. The highest BCUT2D eigenvalue weighted by atomic mass is 32.2. The van der Waals surface area contributed by atoms with Gasteiger partial charge in [-0.2, -0.15) is 0 Å². The van der Waals surface area contributed by atoms with E-state index < -0.39 is 6.09 Å². The number of nitrogens with one attached hydrogen (secondary N) is 2. The number of thioether (sulfide) groups is 1. The monoisotopic (exact) mass is 398 g/mol. The first-order valence-electron chi connectivity index (χ1n) is 9.69. The lowest BCUT2D eigenvalue weighted by Gasteiger charge is -2.29. The van der Waals surface area contributed by atoms with Gasteiger partial charge < -0.3 is 10.1 Å². The maximum absolute atomic E-state index is 12.2. The highest BCUT2D eigenvalue weighted by Gasteiger charge is 2.26. The lowest BCUT2D eigenvalue weighted by Crippen LogP contribution is -2.41. The summed E-state index contributed by atoms with van der Waals surface area (Å²) in [7, 11) is 0. The molecule has 0 unspecified atom stereocenters. The Balaban J connectivity index is 1.37. The van der Waals surface area contributed by atoms with Crippen LogP contribution in [0.25, 0.3) is 0 Å². The summed E-state index contributed by atoms with van der Waals surface area (Å²) in [5, 5.41) is 5.83. The van der Waals surface area contributed by atoms with Crippen LogP contribution in [0.5, 0.6) is 0 Å². The summed E-state index contributed by atoms with van der Waals surface area (Å²) in [4.78, 5) is 25.5. The molecule has 6 heteroatoms. The summed E-state index contributed by atoms with van der Waals surface area (Å²) < 4.78 is 5.54. The minimum Gasteiger partial charge on any atom is -0.446 e.